The van der Waals surface area contributed by atoms with Crippen LogP contribution in [-0.4, -0.2) is 70.3 Å². The van der Waals surface area contributed by atoms with Crippen molar-refractivity contribution in [2.75, 3.05) is 12.3 Å². The first-order valence-corrected chi connectivity index (χ1v) is 8.32. The molecule has 0 heterocycles. The first-order chi connectivity index (χ1) is 12.0. The summed E-state index contributed by atoms with van der Waals surface area (Å²) in [7, 11) is 0. The van der Waals surface area contributed by atoms with Crippen molar-refractivity contribution in [1.82, 2.24) is 16.0 Å². The molecule has 0 fully saturated rings. The first kappa shape index (κ1) is 23.7. The summed E-state index contributed by atoms with van der Waals surface area (Å²) in [5.41, 5.74) is 5.19. The maximum absolute atomic E-state index is 12.4. The molecule has 0 aliphatic heterocycles. The van der Waals surface area contributed by atoms with Gasteiger partial charge in [-0.05, 0) is 5.92 Å². The molecule has 0 aliphatic rings. The molecule has 0 saturated carbocycles. The summed E-state index contributed by atoms with van der Waals surface area (Å²) >= 11 is 3.79. The van der Waals surface area contributed by atoms with E-state index in [0.29, 0.717) is 0 Å². The number of hydrogen-bond acceptors (Lipinski definition) is 7. The standard InChI is InChI=1S/C14H24N4O7S/c1-6(2)11(18-9(19)4-15)13(23)16-7(3-10(20)21)12(22)17-8(5-26)14(24)25/h6-8,11,26H,3-5,15H2,1-2H3,(H,16,23)(H,17,22)(H,18,19)(H,20,21)(H,24,25). The highest BCUT2D eigenvalue weighted by Crippen LogP contribution is 2.04. The fourth-order valence-corrected chi connectivity index (χ4v) is 2.12. The quantitative estimate of drug-likeness (QED) is 0.189. The largest absolute Gasteiger partial charge is 0.481 e. The smallest absolute Gasteiger partial charge is 0.327 e. The van der Waals surface area contributed by atoms with Crippen LogP contribution in [0.4, 0.5) is 0 Å². The molecule has 0 saturated heterocycles. The molecular weight excluding hydrogens is 368 g/mol. The van der Waals surface area contributed by atoms with Crippen molar-refractivity contribution in [1.29, 1.82) is 0 Å². The maximum atomic E-state index is 12.4. The Kier molecular flexibility index (Phi) is 10.3. The molecule has 0 aromatic heterocycles. The number of carboxylic acid groups (broad SMARTS) is 2. The summed E-state index contributed by atoms with van der Waals surface area (Å²) in [6.07, 6.45) is -0.772. The van der Waals surface area contributed by atoms with Gasteiger partial charge in [0.2, 0.25) is 17.7 Å². The van der Waals surface area contributed by atoms with Gasteiger partial charge in [-0.2, -0.15) is 12.6 Å². The molecule has 7 N–H and O–H groups in total. The molecule has 0 rings (SSSR count). The second-order valence-corrected chi connectivity index (χ2v) is 6.10. The number of hydrogen-bond donors (Lipinski definition) is 7. The summed E-state index contributed by atoms with van der Waals surface area (Å²) in [5, 5.41) is 24.5. The van der Waals surface area contributed by atoms with Crippen LogP contribution in [0.1, 0.15) is 20.3 Å². The Balaban J connectivity index is 5.25. The highest BCUT2D eigenvalue weighted by atomic mass is 32.1. The summed E-state index contributed by atoms with van der Waals surface area (Å²) in [4.78, 5) is 57.9. The third kappa shape index (κ3) is 8.16. The van der Waals surface area contributed by atoms with Gasteiger partial charge in [0.15, 0.2) is 0 Å². The molecule has 26 heavy (non-hydrogen) atoms. The zero-order valence-corrected chi connectivity index (χ0v) is 15.3. The third-order valence-electron chi connectivity index (χ3n) is 3.26. The van der Waals surface area contributed by atoms with Crippen LogP contribution in [-0.2, 0) is 24.0 Å². The molecule has 12 heteroatoms. The summed E-state index contributed by atoms with van der Waals surface area (Å²) < 4.78 is 0. The van der Waals surface area contributed by atoms with Gasteiger partial charge in [-0.1, -0.05) is 13.8 Å². The van der Waals surface area contributed by atoms with Crippen LogP contribution < -0.4 is 21.7 Å². The van der Waals surface area contributed by atoms with Gasteiger partial charge in [0.05, 0.1) is 13.0 Å². The number of carbonyl (C=O) groups excluding carboxylic acids is 3. The van der Waals surface area contributed by atoms with E-state index in [2.05, 4.69) is 28.6 Å². The van der Waals surface area contributed by atoms with Crippen molar-refractivity contribution in [3.05, 3.63) is 0 Å². The van der Waals surface area contributed by atoms with Crippen LogP contribution >= 0.6 is 12.6 Å². The lowest BCUT2D eigenvalue weighted by Gasteiger charge is -2.25. The molecule has 148 valence electrons. The second-order valence-electron chi connectivity index (χ2n) is 5.73. The number of thiol groups is 1. The predicted octanol–water partition coefficient (Wildman–Crippen LogP) is -2.46. The van der Waals surface area contributed by atoms with Gasteiger partial charge in [0, 0.05) is 5.75 Å². The van der Waals surface area contributed by atoms with E-state index in [1.165, 1.54) is 0 Å². The van der Waals surface area contributed by atoms with Gasteiger partial charge in [-0.15, -0.1) is 0 Å². The predicted molar refractivity (Wildman–Crippen MR) is 93.4 cm³/mol. The number of aliphatic carboxylic acids is 2. The van der Waals surface area contributed by atoms with E-state index in [1.54, 1.807) is 13.8 Å². The lowest BCUT2D eigenvalue weighted by molar-refractivity contribution is -0.143. The zero-order chi connectivity index (χ0) is 20.4. The van der Waals surface area contributed by atoms with Crippen LogP contribution in [0.5, 0.6) is 0 Å². The number of carboxylic acids is 2. The van der Waals surface area contributed by atoms with Crippen LogP contribution in [0.2, 0.25) is 0 Å². The number of rotatable bonds is 11. The Hall–Kier alpha value is -2.34. The van der Waals surface area contributed by atoms with Gasteiger partial charge in [0.1, 0.15) is 18.1 Å². The molecule has 0 spiro atoms. The molecule has 3 atom stereocenters. The monoisotopic (exact) mass is 392 g/mol. The number of nitrogens with one attached hydrogen (secondary N) is 3. The van der Waals surface area contributed by atoms with Gasteiger partial charge < -0.3 is 31.9 Å². The van der Waals surface area contributed by atoms with E-state index in [-0.39, 0.29) is 18.2 Å². The summed E-state index contributed by atoms with van der Waals surface area (Å²) in [6, 6.07) is -3.93. The van der Waals surface area contributed by atoms with E-state index in [9.17, 15) is 24.0 Å². The van der Waals surface area contributed by atoms with E-state index < -0.39 is 54.2 Å². The summed E-state index contributed by atoms with van der Waals surface area (Å²) in [6.45, 7) is 2.92. The van der Waals surface area contributed by atoms with Gasteiger partial charge in [-0.25, -0.2) is 4.79 Å². The van der Waals surface area contributed by atoms with Crippen molar-refractivity contribution in [2.24, 2.45) is 11.7 Å². The Morgan fingerprint density at radius 2 is 1.50 bits per heavy atom. The molecule has 3 unspecified atom stereocenters. The minimum atomic E-state index is -1.53. The third-order valence-corrected chi connectivity index (χ3v) is 3.63. The van der Waals surface area contributed by atoms with E-state index >= 15 is 0 Å². The Morgan fingerprint density at radius 3 is 1.88 bits per heavy atom. The Morgan fingerprint density at radius 1 is 0.962 bits per heavy atom. The molecule has 3 amide bonds. The maximum Gasteiger partial charge on any atom is 0.327 e. The first-order valence-electron chi connectivity index (χ1n) is 7.69. The van der Waals surface area contributed by atoms with Crippen LogP contribution in [0.15, 0.2) is 0 Å². The minimum absolute atomic E-state index is 0.226. The summed E-state index contributed by atoms with van der Waals surface area (Å²) in [5.74, 6) is -5.71. The highest BCUT2D eigenvalue weighted by molar-refractivity contribution is 7.80. The molecule has 0 aliphatic carbocycles. The highest BCUT2D eigenvalue weighted by Gasteiger charge is 2.31. The number of nitrogens with two attached hydrogens (primary N) is 1. The zero-order valence-electron chi connectivity index (χ0n) is 14.4. The minimum Gasteiger partial charge on any atom is -0.481 e. The van der Waals surface area contributed by atoms with E-state index in [4.69, 9.17) is 15.9 Å². The van der Waals surface area contributed by atoms with Crippen LogP contribution in [0.25, 0.3) is 0 Å². The van der Waals surface area contributed by atoms with E-state index in [1.807, 2.05) is 0 Å². The fraction of sp³-hybridized carbons (Fsp3) is 0.643. The molecular formula is C14H24N4O7S. The van der Waals surface area contributed by atoms with Gasteiger partial charge in [0.25, 0.3) is 0 Å². The number of amides is 3. The van der Waals surface area contributed by atoms with Gasteiger partial charge >= 0.3 is 11.9 Å². The van der Waals surface area contributed by atoms with Gasteiger partial charge in [-0.3, -0.25) is 19.2 Å². The van der Waals surface area contributed by atoms with Crippen molar-refractivity contribution in [3.8, 4) is 0 Å². The van der Waals surface area contributed by atoms with E-state index in [0.717, 1.165) is 0 Å². The fourth-order valence-electron chi connectivity index (χ4n) is 1.87. The Bertz CT molecular complexity index is 555. The molecule has 0 radical (unpaired) electrons. The lowest BCUT2D eigenvalue weighted by atomic mass is 10.0. The number of carbonyl (C=O) groups is 5. The van der Waals surface area contributed by atoms with Crippen molar-refractivity contribution in [3.63, 3.8) is 0 Å². The van der Waals surface area contributed by atoms with Crippen LogP contribution in [0, 0.1) is 5.92 Å². The topological polar surface area (TPSA) is 188 Å². The molecule has 0 aromatic rings. The normalized spacial score (nSPS) is 14.0. The molecule has 0 aromatic carbocycles. The van der Waals surface area contributed by atoms with Crippen molar-refractivity contribution < 1.29 is 34.2 Å². The molecule has 0 bridgehead atoms. The SMILES string of the molecule is CC(C)C(NC(=O)CN)C(=O)NC(CC(=O)O)C(=O)NC(CS)C(=O)O. The lowest BCUT2D eigenvalue weighted by Crippen LogP contribution is -2.58. The second kappa shape index (κ2) is 11.3. The average molecular weight is 392 g/mol. The van der Waals surface area contributed by atoms with Crippen molar-refractivity contribution >= 4 is 42.3 Å². The Labute approximate surface area is 155 Å². The van der Waals surface area contributed by atoms with Crippen molar-refractivity contribution in [2.45, 2.75) is 38.4 Å². The molecule has 11 nitrogen and oxygen atoms in total. The average Bonchev–Trinajstić information content (AvgIpc) is 2.54. The van der Waals surface area contributed by atoms with Crippen LogP contribution in [0.3, 0.4) is 0 Å².